The van der Waals surface area contributed by atoms with E-state index >= 15 is 0 Å². The van der Waals surface area contributed by atoms with E-state index in [2.05, 4.69) is 20.7 Å². The van der Waals surface area contributed by atoms with Gasteiger partial charge in [0.25, 0.3) is 11.8 Å². The Kier molecular flexibility index (Phi) is 17.5. The predicted molar refractivity (Wildman–Crippen MR) is 263 cm³/mol. The number of nitrogens with one attached hydrogen (secondary N) is 2. The van der Waals surface area contributed by atoms with Crippen molar-refractivity contribution in [3.05, 3.63) is 140 Å². The van der Waals surface area contributed by atoms with Crippen molar-refractivity contribution in [2.75, 3.05) is 26.8 Å². The van der Waals surface area contributed by atoms with Gasteiger partial charge >= 0.3 is 5.97 Å². The number of benzene rings is 4. The molecule has 0 radical (unpaired) electrons. The number of methoxy groups -OCH3 is 1. The normalized spacial score (nSPS) is 13.7. The first kappa shape index (κ1) is 50.9. The van der Waals surface area contributed by atoms with Crippen LogP contribution in [0.25, 0.3) is 45.0 Å². The van der Waals surface area contributed by atoms with Crippen molar-refractivity contribution in [1.29, 1.82) is 0 Å². The van der Waals surface area contributed by atoms with Gasteiger partial charge in [-0.05, 0) is 96.0 Å². The molecule has 2 atom stereocenters. The number of rotatable bonds is 12. The molecule has 3 N–H and O–H groups in total. The number of esters is 1. The summed E-state index contributed by atoms with van der Waals surface area (Å²) in [5, 5.41) is 16.3. The zero-order chi connectivity index (χ0) is 48.4. The smallest absolute Gasteiger partial charge is 0.359 e. The SMILES string of the molecule is CC(CO)NC(=O)c1nc(-c2ccc(Cl)cc2)c(-c2ccc(Cl)cc2)nc1C(=O)OC(C)(C)C.COC(C)c1nc(-c2ccc(Cl)cc2)c(-c2ccc(Cl)cc2)nc1C(=O)NN1CCCCC1. The van der Waals surface area contributed by atoms with Crippen molar-refractivity contribution in [3.8, 4) is 45.0 Å². The molecule has 0 spiro atoms. The monoisotopic (exact) mass is 985 g/mol. The summed E-state index contributed by atoms with van der Waals surface area (Å²) in [6, 6.07) is 27.9. The lowest BCUT2D eigenvalue weighted by molar-refractivity contribution is 0.00599. The van der Waals surface area contributed by atoms with Crippen LogP contribution in [-0.2, 0) is 9.47 Å². The van der Waals surface area contributed by atoms with Gasteiger partial charge in [-0.25, -0.2) is 29.7 Å². The van der Waals surface area contributed by atoms with Crippen LogP contribution >= 0.6 is 46.4 Å². The van der Waals surface area contributed by atoms with Gasteiger partial charge in [0.15, 0.2) is 17.1 Å². The molecular formula is C50H51Cl4N7O6. The fourth-order valence-electron chi connectivity index (χ4n) is 6.85. The van der Waals surface area contributed by atoms with E-state index in [-0.39, 0.29) is 29.6 Å². The van der Waals surface area contributed by atoms with Crippen LogP contribution in [0.1, 0.15) is 97.1 Å². The molecule has 7 rings (SSSR count). The number of aromatic nitrogens is 4. The van der Waals surface area contributed by atoms with Gasteiger partial charge in [0.05, 0.1) is 35.5 Å². The van der Waals surface area contributed by atoms with E-state index in [0.717, 1.165) is 37.1 Å². The standard InChI is InChI=1S/C25H26Cl2N4O2.C25H25Cl2N3O4/c1-16(33-2)21-24(25(32)30-31-14-4-3-5-15-31)29-23(18-8-12-20(27)13-9-18)22(28-21)17-6-10-19(26)11-7-17;1-14(13-31)28-23(32)21-22(24(33)34-25(2,3)4)30-20(16-7-11-18(27)12-8-16)19(29-21)15-5-9-17(26)10-6-15/h6-13,16H,3-5,14-15H2,1-2H3,(H,30,32);5-12,14,31H,13H2,1-4H3,(H,28,32). The number of hydrogen-bond donors (Lipinski definition) is 3. The van der Waals surface area contributed by atoms with E-state index in [1.807, 2.05) is 36.2 Å². The molecule has 0 saturated carbocycles. The maximum absolute atomic E-state index is 13.3. The fraction of sp³-hybridized carbons (Fsp3) is 0.300. The lowest BCUT2D eigenvalue weighted by Gasteiger charge is -2.27. The molecule has 13 nitrogen and oxygen atoms in total. The lowest BCUT2D eigenvalue weighted by atomic mass is 10.0. The van der Waals surface area contributed by atoms with E-state index in [1.165, 1.54) is 6.42 Å². The number of carbonyl (C=O) groups is 3. The molecule has 17 heteroatoms. The van der Waals surface area contributed by atoms with Gasteiger partial charge in [-0.15, -0.1) is 0 Å². The van der Waals surface area contributed by atoms with E-state index in [4.69, 9.17) is 65.8 Å². The summed E-state index contributed by atoms with van der Waals surface area (Å²) in [6.07, 6.45) is 2.86. The van der Waals surface area contributed by atoms with Gasteiger partial charge in [0.1, 0.15) is 11.3 Å². The third-order valence-corrected chi connectivity index (χ3v) is 11.3. The number of aliphatic hydroxyl groups is 1. The topological polar surface area (TPSA) is 169 Å². The number of halogens is 4. The highest BCUT2D eigenvalue weighted by Gasteiger charge is 2.30. The Morgan fingerprint density at radius 2 is 1.00 bits per heavy atom. The van der Waals surface area contributed by atoms with Crippen LogP contribution in [0.4, 0.5) is 0 Å². The predicted octanol–water partition coefficient (Wildman–Crippen LogP) is 11.1. The lowest BCUT2D eigenvalue weighted by Crippen LogP contribution is -2.45. The van der Waals surface area contributed by atoms with Crippen LogP contribution in [0, 0.1) is 0 Å². The Balaban J connectivity index is 0.000000221. The molecular weight excluding hydrogens is 936 g/mol. The Bertz CT molecular complexity index is 2680. The number of amides is 2. The fourth-order valence-corrected chi connectivity index (χ4v) is 7.35. The Morgan fingerprint density at radius 1 is 0.612 bits per heavy atom. The van der Waals surface area contributed by atoms with E-state index in [0.29, 0.717) is 59.7 Å². The maximum Gasteiger partial charge on any atom is 0.359 e. The summed E-state index contributed by atoms with van der Waals surface area (Å²) >= 11 is 24.3. The molecule has 350 valence electrons. The van der Waals surface area contributed by atoms with Crippen LogP contribution in [0.3, 0.4) is 0 Å². The molecule has 1 aliphatic heterocycles. The molecule has 67 heavy (non-hydrogen) atoms. The largest absolute Gasteiger partial charge is 0.455 e. The average Bonchev–Trinajstić information content (AvgIpc) is 3.31. The quantitative estimate of drug-likeness (QED) is 0.0998. The number of piperidine rings is 1. The highest BCUT2D eigenvalue weighted by atomic mass is 35.5. The molecule has 2 amide bonds. The highest BCUT2D eigenvalue weighted by Crippen LogP contribution is 2.35. The summed E-state index contributed by atoms with van der Waals surface area (Å²) in [4.78, 5) is 58.4. The zero-order valence-electron chi connectivity index (χ0n) is 37.9. The van der Waals surface area contributed by atoms with Crippen LogP contribution in [0.2, 0.25) is 20.1 Å². The first-order valence-corrected chi connectivity index (χ1v) is 23.1. The van der Waals surface area contributed by atoms with Gasteiger partial charge in [-0.2, -0.15) is 0 Å². The van der Waals surface area contributed by atoms with Crippen LogP contribution in [0.15, 0.2) is 97.1 Å². The minimum absolute atomic E-state index is 0.211. The summed E-state index contributed by atoms with van der Waals surface area (Å²) in [5.41, 5.74) is 7.36. The summed E-state index contributed by atoms with van der Waals surface area (Å²) in [5.74, 6) is -1.74. The summed E-state index contributed by atoms with van der Waals surface area (Å²) in [6.45, 7) is 9.99. The molecule has 1 saturated heterocycles. The number of nitrogens with zero attached hydrogens (tertiary/aromatic N) is 5. The van der Waals surface area contributed by atoms with Crippen molar-refractivity contribution >= 4 is 64.2 Å². The number of aliphatic hydroxyl groups excluding tert-OH is 1. The average molecular weight is 988 g/mol. The van der Waals surface area contributed by atoms with Crippen molar-refractivity contribution in [2.45, 2.75) is 71.6 Å². The summed E-state index contributed by atoms with van der Waals surface area (Å²) < 4.78 is 11.1. The second-order valence-corrected chi connectivity index (χ2v) is 18.5. The van der Waals surface area contributed by atoms with Crippen molar-refractivity contribution in [3.63, 3.8) is 0 Å². The Labute approximate surface area is 410 Å². The molecule has 2 aromatic heterocycles. The molecule has 4 aromatic carbocycles. The molecule has 3 heterocycles. The number of hydrazine groups is 1. The first-order valence-electron chi connectivity index (χ1n) is 21.6. The summed E-state index contributed by atoms with van der Waals surface area (Å²) in [7, 11) is 1.59. The molecule has 2 unspecified atom stereocenters. The minimum atomic E-state index is -0.819. The first-order chi connectivity index (χ1) is 31.9. The molecule has 6 aromatic rings. The molecule has 0 bridgehead atoms. The Morgan fingerprint density at radius 3 is 1.39 bits per heavy atom. The van der Waals surface area contributed by atoms with Gasteiger partial charge in [-0.1, -0.05) is 101 Å². The van der Waals surface area contributed by atoms with Crippen LogP contribution in [0.5, 0.6) is 0 Å². The van der Waals surface area contributed by atoms with Crippen molar-refractivity contribution in [2.24, 2.45) is 0 Å². The van der Waals surface area contributed by atoms with Gasteiger partial charge in [0.2, 0.25) is 0 Å². The van der Waals surface area contributed by atoms with E-state index in [9.17, 15) is 19.5 Å². The number of ether oxygens (including phenoxy) is 2. The van der Waals surface area contributed by atoms with E-state index < -0.39 is 29.6 Å². The molecule has 0 aliphatic carbocycles. The van der Waals surface area contributed by atoms with Gasteiger partial charge in [0, 0.05) is 68.6 Å². The Hall–Kier alpha value is -5.51. The van der Waals surface area contributed by atoms with Crippen molar-refractivity contribution < 1.29 is 29.0 Å². The van der Waals surface area contributed by atoms with Crippen LogP contribution < -0.4 is 10.7 Å². The number of hydrogen-bond acceptors (Lipinski definition) is 11. The van der Waals surface area contributed by atoms with E-state index in [1.54, 1.807) is 108 Å². The second-order valence-electron chi connectivity index (χ2n) is 16.7. The third-order valence-electron chi connectivity index (χ3n) is 10.3. The van der Waals surface area contributed by atoms with Gasteiger partial charge < -0.3 is 19.9 Å². The molecule has 1 fully saturated rings. The van der Waals surface area contributed by atoms with Crippen LogP contribution in [-0.4, -0.2) is 86.3 Å². The zero-order valence-corrected chi connectivity index (χ0v) is 40.9. The third kappa shape index (κ3) is 13.6. The second kappa shape index (κ2) is 23.0. The minimum Gasteiger partial charge on any atom is -0.455 e. The van der Waals surface area contributed by atoms with Gasteiger partial charge in [-0.3, -0.25) is 15.0 Å². The molecule has 1 aliphatic rings. The number of carbonyl (C=O) groups excluding carboxylic acids is 3. The maximum atomic E-state index is 13.3. The van der Waals surface area contributed by atoms with Crippen molar-refractivity contribution in [1.82, 2.24) is 35.7 Å². The highest BCUT2D eigenvalue weighted by molar-refractivity contribution is 6.31.